The van der Waals surface area contributed by atoms with Crippen molar-refractivity contribution in [3.05, 3.63) is 69.7 Å². The Bertz CT molecular complexity index is 950. The summed E-state index contributed by atoms with van der Waals surface area (Å²) in [6.45, 7) is 1.09. The van der Waals surface area contributed by atoms with Gasteiger partial charge in [0, 0.05) is 19.2 Å². The van der Waals surface area contributed by atoms with Crippen molar-refractivity contribution in [1.82, 2.24) is 19.2 Å². The van der Waals surface area contributed by atoms with Crippen molar-refractivity contribution in [3.63, 3.8) is 0 Å². The molecule has 1 aromatic heterocycles. The van der Waals surface area contributed by atoms with E-state index in [1.807, 2.05) is 53.9 Å². The third-order valence-corrected chi connectivity index (χ3v) is 4.69. The van der Waals surface area contributed by atoms with Crippen LogP contribution >= 0.6 is 23.8 Å². The minimum absolute atomic E-state index is 0.235. The maximum Gasteiger partial charge on any atom is 0.199 e. The zero-order valence-electron chi connectivity index (χ0n) is 14.0. The van der Waals surface area contributed by atoms with E-state index in [-0.39, 0.29) is 5.82 Å². The first-order valence-corrected chi connectivity index (χ1v) is 8.56. The summed E-state index contributed by atoms with van der Waals surface area (Å²) in [4.78, 5) is 2.02. The first kappa shape index (κ1) is 17.8. The zero-order chi connectivity index (χ0) is 18.0. The van der Waals surface area contributed by atoms with Crippen molar-refractivity contribution in [2.75, 3.05) is 7.05 Å². The molecule has 0 aliphatic carbocycles. The molecule has 0 atom stereocenters. The second-order valence-corrected chi connectivity index (χ2v) is 6.70. The lowest BCUT2D eigenvalue weighted by Crippen LogP contribution is -2.22. The third kappa shape index (κ3) is 3.98. The summed E-state index contributed by atoms with van der Waals surface area (Å²) in [5.74, 6) is 0.483. The van der Waals surface area contributed by atoms with Gasteiger partial charge in [-0.1, -0.05) is 35.9 Å². The van der Waals surface area contributed by atoms with Crippen LogP contribution < -0.4 is 0 Å². The molecule has 0 spiro atoms. The highest BCUT2D eigenvalue weighted by molar-refractivity contribution is 7.71. The molecule has 0 aliphatic heterocycles. The molecule has 0 radical (unpaired) electrons. The fourth-order valence-corrected chi connectivity index (χ4v) is 3.09. The Morgan fingerprint density at radius 1 is 1.20 bits per heavy atom. The van der Waals surface area contributed by atoms with Gasteiger partial charge < -0.3 is 4.57 Å². The molecule has 0 N–H and O–H groups in total. The van der Waals surface area contributed by atoms with Gasteiger partial charge >= 0.3 is 0 Å². The Hall–Kier alpha value is -2.02. The number of rotatable bonds is 5. The van der Waals surface area contributed by atoms with Crippen molar-refractivity contribution in [2.24, 2.45) is 7.05 Å². The fraction of sp³-hybridized carbons (Fsp3) is 0.222. The van der Waals surface area contributed by atoms with Crippen molar-refractivity contribution >= 4 is 23.8 Å². The average Bonchev–Trinajstić information content (AvgIpc) is 2.83. The van der Waals surface area contributed by atoms with Gasteiger partial charge in [0.15, 0.2) is 10.6 Å². The lowest BCUT2D eigenvalue weighted by Gasteiger charge is -2.16. The number of benzene rings is 2. The molecular weight excluding hydrogens is 359 g/mol. The zero-order valence-corrected chi connectivity index (χ0v) is 15.6. The van der Waals surface area contributed by atoms with E-state index in [2.05, 4.69) is 5.10 Å². The summed E-state index contributed by atoms with van der Waals surface area (Å²) in [6, 6.07) is 14.1. The minimum atomic E-state index is -0.235. The molecule has 3 aromatic rings. The van der Waals surface area contributed by atoms with E-state index < -0.39 is 0 Å². The standard InChI is InChI=1S/C18H18ClFN4S/c1-22(11-13-6-5-7-14(20)10-13)12-24-18(25)23(2)17(21-24)15-8-3-4-9-16(15)19/h3-10H,11-12H2,1-2H3. The van der Waals surface area contributed by atoms with E-state index in [1.165, 1.54) is 12.1 Å². The topological polar surface area (TPSA) is 26.0 Å². The smallest absolute Gasteiger partial charge is 0.199 e. The van der Waals surface area contributed by atoms with E-state index in [9.17, 15) is 4.39 Å². The van der Waals surface area contributed by atoms with Crippen molar-refractivity contribution < 1.29 is 4.39 Å². The Kier molecular flexibility index (Phi) is 5.32. The van der Waals surface area contributed by atoms with Crippen molar-refractivity contribution in [1.29, 1.82) is 0 Å². The van der Waals surface area contributed by atoms with Crippen LogP contribution in [0.1, 0.15) is 5.56 Å². The van der Waals surface area contributed by atoms with Crippen LogP contribution in [0.2, 0.25) is 5.02 Å². The van der Waals surface area contributed by atoms with Crippen LogP contribution in [0.15, 0.2) is 48.5 Å². The molecule has 0 saturated carbocycles. The lowest BCUT2D eigenvalue weighted by atomic mass is 10.2. The predicted molar refractivity (Wildman–Crippen MR) is 100 cm³/mol. The molecular formula is C18H18ClFN4S. The van der Waals surface area contributed by atoms with Gasteiger partial charge in [-0.25, -0.2) is 9.07 Å². The Labute approximate surface area is 156 Å². The molecule has 0 amide bonds. The Morgan fingerprint density at radius 3 is 2.68 bits per heavy atom. The van der Waals surface area contributed by atoms with Crippen LogP contribution in [0.3, 0.4) is 0 Å². The highest BCUT2D eigenvalue weighted by Crippen LogP contribution is 2.26. The van der Waals surface area contributed by atoms with Gasteiger partial charge in [-0.2, -0.15) is 5.10 Å². The highest BCUT2D eigenvalue weighted by atomic mass is 35.5. The van der Waals surface area contributed by atoms with Gasteiger partial charge in [0.25, 0.3) is 0 Å². The molecule has 25 heavy (non-hydrogen) atoms. The largest absolute Gasteiger partial charge is 0.303 e. The number of nitrogens with zero attached hydrogens (tertiary/aromatic N) is 4. The number of hydrogen-bond acceptors (Lipinski definition) is 3. The minimum Gasteiger partial charge on any atom is -0.303 e. The van der Waals surface area contributed by atoms with E-state index >= 15 is 0 Å². The number of halogens is 2. The van der Waals surface area contributed by atoms with Gasteiger partial charge in [-0.05, 0) is 49.1 Å². The number of aromatic nitrogens is 3. The molecule has 0 fully saturated rings. The van der Waals surface area contributed by atoms with E-state index in [0.29, 0.717) is 23.0 Å². The lowest BCUT2D eigenvalue weighted by molar-refractivity contribution is 0.244. The first-order valence-electron chi connectivity index (χ1n) is 7.77. The number of hydrogen-bond donors (Lipinski definition) is 0. The summed E-state index contributed by atoms with van der Waals surface area (Å²) in [5, 5.41) is 5.25. The van der Waals surface area contributed by atoms with Crippen LogP contribution in [0.25, 0.3) is 11.4 Å². The molecule has 0 aliphatic rings. The molecule has 1 heterocycles. The highest BCUT2D eigenvalue weighted by Gasteiger charge is 2.13. The van der Waals surface area contributed by atoms with Crippen molar-refractivity contribution in [3.8, 4) is 11.4 Å². The van der Waals surface area contributed by atoms with Gasteiger partial charge in [0.05, 0.1) is 11.7 Å². The average molecular weight is 377 g/mol. The van der Waals surface area contributed by atoms with Crippen LogP contribution in [-0.4, -0.2) is 26.3 Å². The molecule has 2 aromatic carbocycles. The van der Waals surface area contributed by atoms with Crippen LogP contribution in [0, 0.1) is 10.6 Å². The van der Waals surface area contributed by atoms with E-state index in [4.69, 9.17) is 23.8 Å². The van der Waals surface area contributed by atoms with Gasteiger partial charge in [0.1, 0.15) is 5.82 Å². The molecule has 0 unspecified atom stereocenters. The normalized spacial score (nSPS) is 11.2. The fourth-order valence-electron chi connectivity index (χ4n) is 2.68. The summed E-state index contributed by atoms with van der Waals surface area (Å²) >= 11 is 11.8. The van der Waals surface area contributed by atoms with Gasteiger partial charge in [0.2, 0.25) is 0 Å². The molecule has 0 saturated heterocycles. The summed E-state index contributed by atoms with van der Waals surface area (Å²) in [7, 11) is 3.81. The van der Waals surface area contributed by atoms with E-state index in [0.717, 1.165) is 17.0 Å². The maximum atomic E-state index is 13.3. The SMILES string of the molecule is CN(Cc1cccc(F)c1)Cn1nc(-c2ccccc2Cl)n(C)c1=S. The molecule has 4 nitrogen and oxygen atoms in total. The van der Waals surface area contributed by atoms with Gasteiger partial charge in [-0.3, -0.25) is 4.90 Å². The molecule has 7 heteroatoms. The van der Waals surface area contributed by atoms with E-state index in [1.54, 1.807) is 10.7 Å². The van der Waals surface area contributed by atoms with Crippen LogP contribution in [0.4, 0.5) is 4.39 Å². The maximum absolute atomic E-state index is 13.3. The van der Waals surface area contributed by atoms with Gasteiger partial charge in [-0.15, -0.1) is 0 Å². The second kappa shape index (κ2) is 7.47. The van der Waals surface area contributed by atoms with Crippen LogP contribution in [-0.2, 0) is 20.3 Å². The third-order valence-electron chi connectivity index (χ3n) is 3.87. The second-order valence-electron chi connectivity index (χ2n) is 5.93. The van der Waals surface area contributed by atoms with Crippen molar-refractivity contribution in [2.45, 2.75) is 13.2 Å². The first-order chi connectivity index (χ1) is 12.0. The predicted octanol–water partition coefficient (Wildman–Crippen LogP) is 4.50. The summed E-state index contributed by atoms with van der Waals surface area (Å²) in [5.41, 5.74) is 1.74. The Morgan fingerprint density at radius 2 is 1.96 bits per heavy atom. The molecule has 3 rings (SSSR count). The Balaban J connectivity index is 1.83. The summed E-state index contributed by atoms with van der Waals surface area (Å²) in [6.07, 6.45) is 0. The van der Waals surface area contributed by atoms with Crippen LogP contribution in [0.5, 0.6) is 0 Å². The molecule has 0 bridgehead atoms. The summed E-state index contributed by atoms with van der Waals surface area (Å²) < 4.78 is 17.5. The monoisotopic (exact) mass is 376 g/mol. The molecule has 130 valence electrons. The quantitative estimate of drug-likeness (QED) is 0.613.